The Labute approximate surface area is 71.9 Å². The van der Waals surface area contributed by atoms with Crippen LogP contribution in [0, 0.1) is 5.82 Å². The molecule has 0 aliphatic heterocycles. The Kier molecular flexibility index (Phi) is 2.45. The van der Waals surface area contributed by atoms with Gasteiger partial charge in [0.05, 0.1) is 12.7 Å². The predicted molar refractivity (Wildman–Crippen MR) is 38.0 cm³/mol. The van der Waals surface area contributed by atoms with Gasteiger partial charge in [0.2, 0.25) is 0 Å². The zero-order valence-corrected chi connectivity index (χ0v) is 6.65. The quantitative estimate of drug-likeness (QED) is 0.624. The molecule has 1 rings (SSSR count). The molecule has 0 N–H and O–H groups in total. The fraction of sp³-hybridized carbons (Fsp3) is 0.250. The topological polar surface area (TPSA) is 9.23 Å². The molecule has 0 radical (unpaired) electrons. The van der Waals surface area contributed by atoms with Crippen LogP contribution in [0.15, 0.2) is 18.2 Å². The van der Waals surface area contributed by atoms with E-state index in [1.807, 2.05) is 0 Å². The van der Waals surface area contributed by atoms with Crippen molar-refractivity contribution < 1.29 is 22.3 Å². The van der Waals surface area contributed by atoms with E-state index >= 15 is 0 Å². The monoisotopic (exact) mass is 194 g/mol. The van der Waals surface area contributed by atoms with Crippen LogP contribution >= 0.6 is 0 Å². The van der Waals surface area contributed by atoms with Crippen molar-refractivity contribution in [1.29, 1.82) is 0 Å². The fourth-order valence-electron chi connectivity index (χ4n) is 0.849. The van der Waals surface area contributed by atoms with Gasteiger partial charge < -0.3 is 4.74 Å². The molecule has 0 aliphatic rings. The van der Waals surface area contributed by atoms with Crippen LogP contribution in [0.4, 0.5) is 17.6 Å². The van der Waals surface area contributed by atoms with Gasteiger partial charge in [0.1, 0.15) is 11.6 Å². The number of hydrogen-bond acceptors (Lipinski definition) is 1. The van der Waals surface area contributed by atoms with Crippen molar-refractivity contribution >= 4 is 0 Å². The zero-order chi connectivity index (χ0) is 10.1. The molecule has 1 nitrogen and oxygen atoms in total. The molecule has 1 aromatic rings. The summed E-state index contributed by atoms with van der Waals surface area (Å²) in [6.45, 7) is 0. The molecule has 0 fully saturated rings. The molecule has 0 heterocycles. The van der Waals surface area contributed by atoms with E-state index in [4.69, 9.17) is 0 Å². The van der Waals surface area contributed by atoms with Gasteiger partial charge in [0.15, 0.2) is 0 Å². The minimum absolute atomic E-state index is 0.0197. The van der Waals surface area contributed by atoms with Crippen molar-refractivity contribution in [3.05, 3.63) is 29.6 Å². The van der Waals surface area contributed by atoms with Gasteiger partial charge in [0, 0.05) is 0 Å². The molecule has 0 aliphatic carbocycles. The van der Waals surface area contributed by atoms with Crippen LogP contribution in [0.2, 0.25) is 0 Å². The van der Waals surface area contributed by atoms with Crippen molar-refractivity contribution in [1.82, 2.24) is 0 Å². The van der Waals surface area contributed by atoms with Gasteiger partial charge in [-0.05, 0) is 18.2 Å². The summed E-state index contributed by atoms with van der Waals surface area (Å²) >= 11 is 0. The average Bonchev–Trinajstić information content (AvgIpc) is 2.03. The average molecular weight is 194 g/mol. The molecule has 0 atom stereocenters. The molecular weight excluding hydrogens is 188 g/mol. The number of ether oxygens (including phenoxy) is 1. The minimum atomic E-state index is -4.68. The molecule has 0 amide bonds. The summed E-state index contributed by atoms with van der Waals surface area (Å²) in [5.74, 6) is -1.32. The largest absolute Gasteiger partial charge is 0.497 e. The lowest BCUT2D eigenvalue weighted by Crippen LogP contribution is -2.08. The summed E-state index contributed by atoms with van der Waals surface area (Å²) in [4.78, 5) is 0. The van der Waals surface area contributed by atoms with E-state index in [1.165, 1.54) is 7.11 Å². The fourth-order valence-corrected chi connectivity index (χ4v) is 0.849. The highest BCUT2D eigenvalue weighted by molar-refractivity contribution is 5.31. The van der Waals surface area contributed by atoms with Crippen molar-refractivity contribution in [2.24, 2.45) is 0 Å². The van der Waals surface area contributed by atoms with Gasteiger partial charge in [-0.2, -0.15) is 13.2 Å². The third-order valence-electron chi connectivity index (χ3n) is 1.48. The lowest BCUT2D eigenvalue weighted by molar-refractivity contribution is -0.140. The van der Waals surface area contributed by atoms with Crippen molar-refractivity contribution in [2.45, 2.75) is 6.18 Å². The number of alkyl halides is 3. The Balaban J connectivity index is 3.19. The Hall–Kier alpha value is -1.26. The maximum atomic E-state index is 12.6. The summed E-state index contributed by atoms with van der Waals surface area (Å²) in [6.07, 6.45) is -4.68. The molecule has 13 heavy (non-hydrogen) atoms. The van der Waals surface area contributed by atoms with Crippen LogP contribution in [-0.4, -0.2) is 7.11 Å². The van der Waals surface area contributed by atoms with E-state index in [9.17, 15) is 17.6 Å². The highest BCUT2D eigenvalue weighted by atomic mass is 19.4. The molecule has 0 unspecified atom stereocenters. The summed E-state index contributed by atoms with van der Waals surface area (Å²) in [5, 5.41) is 0. The van der Waals surface area contributed by atoms with Gasteiger partial charge in [-0.15, -0.1) is 0 Å². The van der Waals surface area contributed by atoms with Crippen LogP contribution in [0.3, 0.4) is 0 Å². The van der Waals surface area contributed by atoms with Gasteiger partial charge in [0.25, 0.3) is 0 Å². The standard InChI is InChI=1S/C8H6F4O/c1-13-5-2-3-7(9)6(4-5)8(10,11)12/h2-4H,1H3. The Bertz CT molecular complexity index is 306. The van der Waals surface area contributed by atoms with E-state index < -0.39 is 17.6 Å². The number of rotatable bonds is 1. The van der Waals surface area contributed by atoms with E-state index in [0.717, 1.165) is 12.1 Å². The first kappa shape index (κ1) is 9.83. The Morgan fingerprint density at radius 1 is 1.23 bits per heavy atom. The van der Waals surface area contributed by atoms with Crippen LogP contribution in [0.1, 0.15) is 5.56 Å². The van der Waals surface area contributed by atoms with E-state index in [-0.39, 0.29) is 5.75 Å². The van der Waals surface area contributed by atoms with E-state index in [2.05, 4.69) is 4.74 Å². The van der Waals surface area contributed by atoms with Crippen LogP contribution < -0.4 is 4.74 Å². The second-order valence-electron chi connectivity index (χ2n) is 2.34. The van der Waals surface area contributed by atoms with Crippen LogP contribution in [-0.2, 0) is 6.18 Å². The highest BCUT2D eigenvalue weighted by Crippen LogP contribution is 2.33. The smallest absolute Gasteiger partial charge is 0.419 e. The predicted octanol–water partition coefficient (Wildman–Crippen LogP) is 2.85. The zero-order valence-electron chi connectivity index (χ0n) is 6.65. The number of hydrogen-bond donors (Lipinski definition) is 0. The molecule has 0 saturated carbocycles. The maximum Gasteiger partial charge on any atom is 0.419 e. The van der Waals surface area contributed by atoms with Crippen molar-refractivity contribution in [2.75, 3.05) is 7.11 Å². The van der Waals surface area contributed by atoms with Crippen LogP contribution in [0.25, 0.3) is 0 Å². The second-order valence-corrected chi connectivity index (χ2v) is 2.34. The second kappa shape index (κ2) is 3.24. The first-order chi connectivity index (χ1) is 5.95. The first-order valence-corrected chi connectivity index (χ1v) is 3.36. The van der Waals surface area contributed by atoms with Gasteiger partial charge >= 0.3 is 6.18 Å². The van der Waals surface area contributed by atoms with Crippen molar-refractivity contribution in [3.8, 4) is 5.75 Å². The Morgan fingerprint density at radius 3 is 2.31 bits per heavy atom. The summed E-state index contributed by atoms with van der Waals surface area (Å²) in [7, 11) is 1.22. The molecule has 0 spiro atoms. The van der Waals surface area contributed by atoms with E-state index in [1.54, 1.807) is 0 Å². The number of benzene rings is 1. The lowest BCUT2D eigenvalue weighted by Gasteiger charge is -2.08. The van der Waals surface area contributed by atoms with E-state index in [0.29, 0.717) is 6.07 Å². The molecule has 5 heteroatoms. The molecule has 1 aromatic carbocycles. The molecule has 0 aromatic heterocycles. The molecule has 0 bridgehead atoms. The summed E-state index contributed by atoms with van der Waals surface area (Å²) < 4.78 is 53.4. The van der Waals surface area contributed by atoms with Gasteiger partial charge in [-0.3, -0.25) is 0 Å². The minimum Gasteiger partial charge on any atom is -0.497 e. The number of methoxy groups -OCH3 is 1. The third-order valence-corrected chi connectivity index (χ3v) is 1.48. The lowest BCUT2D eigenvalue weighted by atomic mass is 10.2. The maximum absolute atomic E-state index is 12.6. The highest BCUT2D eigenvalue weighted by Gasteiger charge is 2.34. The first-order valence-electron chi connectivity index (χ1n) is 3.36. The van der Waals surface area contributed by atoms with Gasteiger partial charge in [-0.25, -0.2) is 4.39 Å². The molecular formula is C8H6F4O. The summed E-state index contributed by atoms with van der Waals surface area (Å²) in [5.41, 5.74) is -1.31. The SMILES string of the molecule is COc1ccc(F)c(C(F)(F)F)c1. The van der Waals surface area contributed by atoms with Gasteiger partial charge in [-0.1, -0.05) is 0 Å². The Morgan fingerprint density at radius 2 is 1.85 bits per heavy atom. The molecule has 72 valence electrons. The molecule has 0 saturated heterocycles. The summed E-state index contributed by atoms with van der Waals surface area (Å²) in [6, 6.07) is 2.47. The number of halogens is 4. The third kappa shape index (κ3) is 2.11. The van der Waals surface area contributed by atoms with Crippen LogP contribution in [0.5, 0.6) is 5.75 Å². The normalized spacial score (nSPS) is 11.5. The van der Waals surface area contributed by atoms with Crippen molar-refractivity contribution in [3.63, 3.8) is 0 Å².